The van der Waals surface area contributed by atoms with Crippen molar-refractivity contribution in [1.82, 2.24) is 0 Å². The van der Waals surface area contributed by atoms with Gasteiger partial charge in [-0.3, -0.25) is 0 Å². The minimum atomic E-state index is 0.146. The molecule has 0 bridgehead atoms. The first-order chi connectivity index (χ1) is 9.69. The molecule has 20 heavy (non-hydrogen) atoms. The van der Waals surface area contributed by atoms with E-state index in [9.17, 15) is 5.21 Å². The highest BCUT2D eigenvalue weighted by molar-refractivity contribution is 5.32. The van der Waals surface area contributed by atoms with Crippen LogP contribution in [-0.2, 0) is 6.54 Å². The fraction of sp³-hybridized carbons (Fsp3) is 0.294. The van der Waals surface area contributed by atoms with Gasteiger partial charge in [-0.15, -0.1) is 0 Å². The second-order valence-corrected chi connectivity index (χ2v) is 4.96. The van der Waals surface area contributed by atoms with Gasteiger partial charge in [-0.25, -0.2) is 0 Å². The normalized spacial score (nSPS) is 12.2. The molecule has 2 aromatic carbocycles. The number of aryl methyl sites for hydroxylation is 1. The lowest BCUT2D eigenvalue weighted by Gasteiger charge is -2.22. The smallest absolute Gasteiger partial charge is 0.131 e. The first kappa shape index (κ1) is 14.6. The lowest BCUT2D eigenvalue weighted by Crippen LogP contribution is -3.00. The molecule has 0 radical (unpaired) electrons. The van der Waals surface area contributed by atoms with Crippen LogP contribution >= 0.6 is 0 Å². The third-order valence-electron chi connectivity index (χ3n) is 3.13. The third kappa shape index (κ3) is 4.08. The van der Waals surface area contributed by atoms with E-state index in [1.165, 1.54) is 5.56 Å². The van der Waals surface area contributed by atoms with Gasteiger partial charge >= 0.3 is 0 Å². The predicted molar refractivity (Wildman–Crippen MR) is 81.1 cm³/mol. The number of ether oxygens (including phenoxy) is 1. The number of nitrogens with one attached hydrogen (secondary N) is 1. The van der Waals surface area contributed by atoms with Crippen molar-refractivity contribution in [3.8, 4) is 5.75 Å². The van der Waals surface area contributed by atoms with Crippen LogP contribution in [0.15, 0.2) is 48.5 Å². The van der Waals surface area contributed by atoms with Crippen molar-refractivity contribution in [3.63, 3.8) is 0 Å². The molecule has 3 nitrogen and oxygen atoms in total. The molecule has 2 aromatic rings. The van der Waals surface area contributed by atoms with E-state index in [1.54, 1.807) is 0 Å². The molecule has 3 heteroatoms. The molecule has 2 rings (SSSR count). The molecule has 0 amide bonds. The topological polar surface area (TPSA) is 36.7 Å². The quantitative estimate of drug-likeness (QED) is 0.820. The van der Waals surface area contributed by atoms with Gasteiger partial charge in [0.05, 0.1) is 6.61 Å². The van der Waals surface area contributed by atoms with Gasteiger partial charge in [0.1, 0.15) is 18.0 Å². The highest BCUT2D eigenvalue weighted by atomic mass is 16.5. The van der Waals surface area contributed by atoms with Crippen LogP contribution in [0, 0.1) is 12.1 Å². The Balaban J connectivity index is 1.97. The molecule has 0 fully saturated rings. The van der Waals surface area contributed by atoms with Crippen LogP contribution in [0.25, 0.3) is 0 Å². The number of hydrogen-bond acceptors (Lipinski definition) is 2. The first-order valence-electron chi connectivity index (χ1n) is 7.00. The first-order valence-corrected chi connectivity index (χ1v) is 7.00. The van der Waals surface area contributed by atoms with Gasteiger partial charge in [-0.05, 0) is 49.7 Å². The molecule has 0 saturated heterocycles. The minimum Gasteiger partial charge on any atom is -0.629 e. The zero-order valence-electron chi connectivity index (χ0n) is 12.1. The Morgan fingerprint density at radius 2 is 1.65 bits per heavy atom. The fourth-order valence-corrected chi connectivity index (χ4v) is 1.95. The average Bonchev–Trinajstić information content (AvgIpc) is 2.47. The molecule has 0 aliphatic carbocycles. The van der Waals surface area contributed by atoms with E-state index in [-0.39, 0.29) is 5.06 Å². The van der Waals surface area contributed by atoms with Crippen LogP contribution in [0.5, 0.6) is 5.75 Å². The molecular formula is C17H21NO2. The molecule has 1 N–H and O–H groups in total. The zero-order valence-corrected chi connectivity index (χ0v) is 12.1. The monoisotopic (exact) mass is 271 g/mol. The summed E-state index contributed by atoms with van der Waals surface area (Å²) in [5, 5.41) is 12.3. The maximum Gasteiger partial charge on any atom is 0.131 e. The Morgan fingerprint density at radius 1 is 1.00 bits per heavy atom. The van der Waals surface area contributed by atoms with E-state index in [2.05, 4.69) is 6.92 Å². The Kier molecular flexibility index (Phi) is 5.16. The van der Waals surface area contributed by atoms with Crippen molar-refractivity contribution in [3.05, 3.63) is 64.9 Å². The van der Waals surface area contributed by atoms with Gasteiger partial charge in [0.2, 0.25) is 0 Å². The van der Waals surface area contributed by atoms with Gasteiger partial charge in [0.25, 0.3) is 0 Å². The standard InChI is InChI=1S/C17H21NO2/c1-3-12-20-17-10-6-15(7-11-17)13-18(19)16-8-4-14(2)5-9-16/h4-11,18H,3,12-13H2,1-2H3. The molecule has 0 saturated carbocycles. The van der Waals surface area contributed by atoms with Crippen LogP contribution in [-0.4, -0.2) is 6.61 Å². The fourth-order valence-electron chi connectivity index (χ4n) is 1.95. The lowest BCUT2D eigenvalue weighted by atomic mass is 10.2. The van der Waals surface area contributed by atoms with E-state index in [4.69, 9.17) is 4.74 Å². The average molecular weight is 271 g/mol. The Labute approximate surface area is 120 Å². The summed E-state index contributed by atoms with van der Waals surface area (Å²) in [5.74, 6) is 0.860. The minimum absolute atomic E-state index is 0.146. The number of benzene rings is 2. The molecule has 1 atom stereocenters. The Morgan fingerprint density at radius 3 is 2.25 bits per heavy atom. The van der Waals surface area contributed by atoms with Crippen molar-refractivity contribution >= 4 is 5.69 Å². The molecule has 106 valence electrons. The van der Waals surface area contributed by atoms with Gasteiger partial charge in [0.15, 0.2) is 0 Å². The SMILES string of the molecule is CCCOc1ccc(C[NH+]([O-])c2ccc(C)cc2)cc1. The van der Waals surface area contributed by atoms with Gasteiger partial charge in [0, 0.05) is 5.56 Å². The van der Waals surface area contributed by atoms with E-state index in [0.29, 0.717) is 6.54 Å². The number of hydroxylamine groups is 1. The van der Waals surface area contributed by atoms with Crippen molar-refractivity contribution in [2.75, 3.05) is 6.61 Å². The number of rotatable bonds is 6. The van der Waals surface area contributed by atoms with E-state index < -0.39 is 0 Å². The highest BCUT2D eigenvalue weighted by Crippen LogP contribution is 2.12. The third-order valence-corrected chi connectivity index (χ3v) is 3.13. The van der Waals surface area contributed by atoms with Gasteiger partial charge < -0.3 is 15.0 Å². The summed E-state index contributed by atoms with van der Waals surface area (Å²) in [6.45, 7) is 5.25. The zero-order chi connectivity index (χ0) is 14.4. The summed E-state index contributed by atoms with van der Waals surface area (Å²) >= 11 is 0. The van der Waals surface area contributed by atoms with Gasteiger partial charge in [-0.2, -0.15) is 0 Å². The highest BCUT2D eigenvalue weighted by Gasteiger charge is 2.04. The second-order valence-electron chi connectivity index (χ2n) is 4.96. The van der Waals surface area contributed by atoms with Crippen LogP contribution in [0.2, 0.25) is 0 Å². The van der Waals surface area contributed by atoms with E-state index in [0.717, 1.165) is 30.0 Å². The predicted octanol–water partition coefficient (Wildman–Crippen LogP) is 3.00. The summed E-state index contributed by atoms with van der Waals surface area (Å²) in [6.07, 6.45) is 0.994. The van der Waals surface area contributed by atoms with Crippen molar-refractivity contribution < 1.29 is 9.80 Å². The maximum atomic E-state index is 12.2. The molecule has 0 spiro atoms. The summed E-state index contributed by atoms with van der Waals surface area (Å²) in [5.41, 5.74) is 2.94. The molecular weight excluding hydrogens is 250 g/mol. The maximum absolute atomic E-state index is 12.2. The summed E-state index contributed by atoms with van der Waals surface area (Å²) in [4.78, 5) is 0. The lowest BCUT2D eigenvalue weighted by molar-refractivity contribution is -0.791. The van der Waals surface area contributed by atoms with E-state index in [1.807, 2.05) is 55.5 Å². The van der Waals surface area contributed by atoms with Crippen LogP contribution in [0.4, 0.5) is 5.69 Å². The molecule has 0 heterocycles. The Bertz CT molecular complexity index is 520. The summed E-state index contributed by atoms with van der Waals surface area (Å²) in [7, 11) is 0. The molecule has 1 unspecified atom stereocenters. The Hall–Kier alpha value is -1.84. The van der Waals surface area contributed by atoms with E-state index >= 15 is 0 Å². The largest absolute Gasteiger partial charge is 0.629 e. The summed E-state index contributed by atoms with van der Waals surface area (Å²) in [6, 6.07) is 15.5. The van der Waals surface area contributed by atoms with Crippen LogP contribution < -0.4 is 9.80 Å². The van der Waals surface area contributed by atoms with Crippen molar-refractivity contribution in [2.45, 2.75) is 26.8 Å². The van der Waals surface area contributed by atoms with Crippen LogP contribution in [0.1, 0.15) is 24.5 Å². The molecule has 0 aliphatic rings. The number of quaternary nitrogens is 1. The number of hydrogen-bond donors (Lipinski definition) is 1. The van der Waals surface area contributed by atoms with Crippen molar-refractivity contribution in [1.29, 1.82) is 0 Å². The van der Waals surface area contributed by atoms with Gasteiger partial charge in [-0.1, -0.05) is 24.6 Å². The van der Waals surface area contributed by atoms with Crippen LogP contribution in [0.3, 0.4) is 0 Å². The summed E-state index contributed by atoms with van der Waals surface area (Å²) < 4.78 is 5.53. The molecule has 0 aromatic heterocycles. The second kappa shape index (κ2) is 7.08. The molecule has 0 aliphatic heterocycles. The van der Waals surface area contributed by atoms with Crippen molar-refractivity contribution in [2.24, 2.45) is 0 Å².